The Bertz CT molecular complexity index is 222. The smallest absolute Gasteiger partial charge is 0.243 e. The lowest BCUT2D eigenvalue weighted by Crippen LogP contribution is -2.30. The second-order valence-electron chi connectivity index (χ2n) is 4.32. The molecule has 1 aliphatic rings. The fourth-order valence-electron chi connectivity index (χ4n) is 2.41. The van der Waals surface area contributed by atoms with Gasteiger partial charge in [-0.15, -0.1) is 0 Å². The first-order chi connectivity index (χ1) is 7.77. The first kappa shape index (κ1) is 13.2. The highest BCUT2D eigenvalue weighted by atomic mass is 16.5. The van der Waals surface area contributed by atoms with Crippen molar-refractivity contribution in [3.8, 4) is 0 Å². The van der Waals surface area contributed by atoms with Gasteiger partial charge in [0.2, 0.25) is 5.91 Å². The third-order valence-corrected chi connectivity index (χ3v) is 3.22. The van der Waals surface area contributed by atoms with Crippen LogP contribution in [-0.2, 0) is 9.53 Å². The van der Waals surface area contributed by atoms with Gasteiger partial charge in [0.15, 0.2) is 0 Å². The van der Waals surface area contributed by atoms with E-state index in [0.29, 0.717) is 18.6 Å². The van der Waals surface area contributed by atoms with Gasteiger partial charge < -0.3 is 10.1 Å². The number of ether oxygens (including phenoxy) is 1. The molecule has 3 nitrogen and oxygen atoms in total. The molecule has 1 amide bonds. The SMILES string of the molecule is C=CC(=O)NCCC(OCC)C1CCCC1. The Labute approximate surface area is 98.2 Å². The summed E-state index contributed by atoms with van der Waals surface area (Å²) in [6.45, 7) is 6.91. The van der Waals surface area contributed by atoms with Crippen molar-refractivity contribution in [1.29, 1.82) is 0 Å². The van der Waals surface area contributed by atoms with E-state index >= 15 is 0 Å². The summed E-state index contributed by atoms with van der Waals surface area (Å²) < 4.78 is 5.76. The Kier molecular flexibility index (Phi) is 6.16. The van der Waals surface area contributed by atoms with Gasteiger partial charge in [0.25, 0.3) is 0 Å². The van der Waals surface area contributed by atoms with Crippen LogP contribution in [0.2, 0.25) is 0 Å². The van der Waals surface area contributed by atoms with Gasteiger partial charge in [-0.05, 0) is 38.2 Å². The van der Waals surface area contributed by atoms with Gasteiger partial charge in [-0.3, -0.25) is 4.79 Å². The molecule has 1 rings (SSSR count). The van der Waals surface area contributed by atoms with Crippen LogP contribution in [-0.4, -0.2) is 25.2 Å². The molecule has 1 N–H and O–H groups in total. The van der Waals surface area contributed by atoms with Crippen molar-refractivity contribution in [2.75, 3.05) is 13.2 Å². The summed E-state index contributed by atoms with van der Waals surface area (Å²) >= 11 is 0. The van der Waals surface area contributed by atoms with Crippen molar-refractivity contribution < 1.29 is 9.53 Å². The molecular formula is C13H23NO2. The zero-order valence-electron chi connectivity index (χ0n) is 10.2. The molecule has 16 heavy (non-hydrogen) atoms. The number of hydrogen-bond acceptors (Lipinski definition) is 2. The Hall–Kier alpha value is -0.830. The molecule has 92 valence electrons. The molecular weight excluding hydrogens is 202 g/mol. The van der Waals surface area contributed by atoms with E-state index in [1.54, 1.807) is 0 Å². The van der Waals surface area contributed by atoms with Crippen LogP contribution in [0.3, 0.4) is 0 Å². The molecule has 0 aliphatic heterocycles. The third-order valence-electron chi connectivity index (χ3n) is 3.22. The second-order valence-corrected chi connectivity index (χ2v) is 4.32. The van der Waals surface area contributed by atoms with E-state index < -0.39 is 0 Å². The van der Waals surface area contributed by atoms with Gasteiger partial charge in [0.05, 0.1) is 6.10 Å². The highest BCUT2D eigenvalue weighted by molar-refractivity contribution is 5.86. The second kappa shape index (κ2) is 7.44. The van der Waals surface area contributed by atoms with Crippen molar-refractivity contribution in [3.05, 3.63) is 12.7 Å². The van der Waals surface area contributed by atoms with E-state index in [1.807, 2.05) is 6.92 Å². The highest BCUT2D eigenvalue weighted by Crippen LogP contribution is 2.30. The molecule has 0 bridgehead atoms. The Balaban J connectivity index is 2.26. The van der Waals surface area contributed by atoms with Gasteiger partial charge in [0.1, 0.15) is 0 Å². The first-order valence-electron chi connectivity index (χ1n) is 6.29. The molecule has 1 saturated carbocycles. The maximum absolute atomic E-state index is 11.0. The van der Waals surface area contributed by atoms with Gasteiger partial charge in [-0.1, -0.05) is 19.4 Å². The number of rotatable bonds is 7. The quantitative estimate of drug-likeness (QED) is 0.675. The summed E-state index contributed by atoms with van der Waals surface area (Å²) in [5.41, 5.74) is 0. The predicted molar refractivity (Wildman–Crippen MR) is 65.2 cm³/mol. The minimum absolute atomic E-state index is 0.0957. The standard InChI is InChI=1S/C13H23NO2/c1-3-13(15)14-10-9-12(16-4-2)11-7-5-6-8-11/h3,11-12H,1,4-10H2,2H3,(H,14,15). The fourth-order valence-corrected chi connectivity index (χ4v) is 2.41. The summed E-state index contributed by atoms with van der Waals surface area (Å²) in [5, 5.41) is 2.81. The zero-order valence-corrected chi connectivity index (χ0v) is 10.2. The van der Waals surface area contributed by atoms with Crippen LogP contribution < -0.4 is 5.32 Å². The highest BCUT2D eigenvalue weighted by Gasteiger charge is 2.24. The lowest BCUT2D eigenvalue weighted by molar-refractivity contribution is -0.116. The molecule has 0 heterocycles. The summed E-state index contributed by atoms with van der Waals surface area (Å²) in [5.74, 6) is 0.599. The lowest BCUT2D eigenvalue weighted by Gasteiger charge is -2.23. The van der Waals surface area contributed by atoms with E-state index in [4.69, 9.17) is 4.74 Å². The Morgan fingerprint density at radius 1 is 1.56 bits per heavy atom. The molecule has 0 aromatic heterocycles. The van der Waals surface area contributed by atoms with Crippen molar-refractivity contribution >= 4 is 5.91 Å². The van der Waals surface area contributed by atoms with Gasteiger partial charge in [-0.2, -0.15) is 0 Å². The largest absolute Gasteiger partial charge is 0.378 e. The first-order valence-corrected chi connectivity index (χ1v) is 6.29. The van der Waals surface area contributed by atoms with Gasteiger partial charge in [0, 0.05) is 13.2 Å². The molecule has 1 unspecified atom stereocenters. The number of carbonyl (C=O) groups is 1. The summed E-state index contributed by atoms with van der Waals surface area (Å²) in [4.78, 5) is 11.0. The maximum atomic E-state index is 11.0. The average molecular weight is 225 g/mol. The van der Waals surface area contributed by atoms with E-state index in [9.17, 15) is 4.79 Å². The van der Waals surface area contributed by atoms with Crippen molar-refractivity contribution in [3.63, 3.8) is 0 Å². The van der Waals surface area contributed by atoms with Crippen molar-refractivity contribution in [2.45, 2.75) is 45.1 Å². The summed E-state index contributed by atoms with van der Waals surface area (Å²) in [7, 11) is 0. The zero-order chi connectivity index (χ0) is 11.8. The van der Waals surface area contributed by atoms with E-state index in [2.05, 4.69) is 11.9 Å². The average Bonchev–Trinajstić information content (AvgIpc) is 2.81. The monoisotopic (exact) mass is 225 g/mol. The van der Waals surface area contributed by atoms with Gasteiger partial charge in [-0.25, -0.2) is 0 Å². The predicted octanol–water partition coefficient (Wildman–Crippen LogP) is 2.27. The van der Waals surface area contributed by atoms with Gasteiger partial charge >= 0.3 is 0 Å². The number of carbonyl (C=O) groups excluding carboxylic acids is 1. The molecule has 0 saturated heterocycles. The molecule has 0 spiro atoms. The topological polar surface area (TPSA) is 38.3 Å². The third kappa shape index (κ3) is 4.35. The van der Waals surface area contributed by atoms with E-state index in [-0.39, 0.29) is 5.91 Å². The van der Waals surface area contributed by atoms with Crippen LogP contribution in [0.15, 0.2) is 12.7 Å². The van der Waals surface area contributed by atoms with E-state index in [0.717, 1.165) is 13.0 Å². The van der Waals surface area contributed by atoms with Crippen molar-refractivity contribution in [2.24, 2.45) is 5.92 Å². The van der Waals surface area contributed by atoms with Crippen LogP contribution in [0.5, 0.6) is 0 Å². The molecule has 1 fully saturated rings. The van der Waals surface area contributed by atoms with E-state index in [1.165, 1.54) is 31.8 Å². The minimum atomic E-state index is -0.0957. The number of nitrogens with one attached hydrogen (secondary N) is 1. The Morgan fingerprint density at radius 2 is 2.25 bits per heavy atom. The molecule has 0 aromatic rings. The Morgan fingerprint density at radius 3 is 2.81 bits per heavy atom. The maximum Gasteiger partial charge on any atom is 0.243 e. The molecule has 0 aromatic carbocycles. The fraction of sp³-hybridized carbons (Fsp3) is 0.769. The van der Waals surface area contributed by atoms with Crippen LogP contribution in [0.4, 0.5) is 0 Å². The molecule has 1 atom stereocenters. The van der Waals surface area contributed by atoms with Crippen molar-refractivity contribution in [1.82, 2.24) is 5.32 Å². The minimum Gasteiger partial charge on any atom is -0.378 e. The number of hydrogen-bond donors (Lipinski definition) is 1. The summed E-state index contributed by atoms with van der Waals surface area (Å²) in [6, 6.07) is 0. The van der Waals surface area contributed by atoms with Crippen LogP contribution in [0.25, 0.3) is 0 Å². The van der Waals surface area contributed by atoms with Crippen LogP contribution >= 0.6 is 0 Å². The van der Waals surface area contributed by atoms with Crippen LogP contribution in [0, 0.1) is 5.92 Å². The molecule has 3 heteroatoms. The summed E-state index contributed by atoms with van der Waals surface area (Å²) in [6.07, 6.45) is 7.75. The van der Waals surface area contributed by atoms with Crippen LogP contribution in [0.1, 0.15) is 39.0 Å². The molecule has 1 aliphatic carbocycles. The molecule has 0 radical (unpaired) electrons. The number of amides is 1. The lowest BCUT2D eigenvalue weighted by atomic mass is 9.98. The normalized spacial score (nSPS) is 18.3.